The summed E-state index contributed by atoms with van der Waals surface area (Å²) in [6.07, 6.45) is 2.53. The first-order valence-corrected chi connectivity index (χ1v) is 7.49. The largest absolute Gasteiger partial charge is 0.330 e. The molecule has 0 aliphatic rings. The van der Waals surface area contributed by atoms with E-state index in [0.717, 1.165) is 23.2 Å². The van der Waals surface area contributed by atoms with Crippen LogP contribution in [0.1, 0.15) is 42.1 Å². The number of aromatic nitrogens is 1. The summed E-state index contributed by atoms with van der Waals surface area (Å²) in [6, 6.07) is 9.14. The van der Waals surface area contributed by atoms with Crippen LogP contribution in [0.2, 0.25) is 0 Å². The molecular formula is C18H25FN2. The Labute approximate surface area is 127 Å². The quantitative estimate of drug-likeness (QED) is 0.918. The first kappa shape index (κ1) is 17.3. The minimum Gasteiger partial charge on any atom is -0.330 e. The van der Waals surface area contributed by atoms with Crippen molar-refractivity contribution in [1.82, 2.24) is 4.98 Å². The molecule has 0 fully saturated rings. The summed E-state index contributed by atoms with van der Waals surface area (Å²) >= 11 is 0. The van der Waals surface area contributed by atoms with Gasteiger partial charge in [-0.2, -0.15) is 0 Å². The third-order valence-corrected chi connectivity index (χ3v) is 3.59. The van der Waals surface area contributed by atoms with Crippen molar-refractivity contribution in [1.29, 1.82) is 0 Å². The van der Waals surface area contributed by atoms with Crippen LogP contribution in [0, 0.1) is 19.7 Å². The number of hydrogen-bond donors (Lipinski definition) is 1. The number of nitrogens with two attached hydrogens (primary N) is 1. The van der Waals surface area contributed by atoms with Gasteiger partial charge in [0.15, 0.2) is 0 Å². The van der Waals surface area contributed by atoms with Gasteiger partial charge < -0.3 is 5.73 Å². The van der Waals surface area contributed by atoms with Crippen LogP contribution in [0.25, 0.3) is 0 Å². The summed E-state index contributed by atoms with van der Waals surface area (Å²) in [5.74, 6) is -0.0713. The Morgan fingerprint density at radius 1 is 1.14 bits per heavy atom. The Balaban J connectivity index is 0.00000106. The van der Waals surface area contributed by atoms with E-state index in [9.17, 15) is 4.39 Å². The zero-order chi connectivity index (χ0) is 15.8. The van der Waals surface area contributed by atoms with Gasteiger partial charge >= 0.3 is 0 Å². The van der Waals surface area contributed by atoms with E-state index < -0.39 is 0 Å². The third-order valence-electron chi connectivity index (χ3n) is 3.59. The highest BCUT2D eigenvalue weighted by Crippen LogP contribution is 2.25. The van der Waals surface area contributed by atoms with Crippen molar-refractivity contribution < 1.29 is 4.39 Å². The molecule has 0 saturated carbocycles. The van der Waals surface area contributed by atoms with Gasteiger partial charge in [-0.1, -0.05) is 32.0 Å². The molecule has 2 aromatic rings. The van der Waals surface area contributed by atoms with Crippen molar-refractivity contribution in [2.24, 2.45) is 5.73 Å². The molecule has 3 heteroatoms. The fourth-order valence-corrected chi connectivity index (χ4v) is 2.35. The predicted molar refractivity (Wildman–Crippen MR) is 87.0 cm³/mol. The maximum Gasteiger partial charge on any atom is 0.126 e. The van der Waals surface area contributed by atoms with Crippen LogP contribution in [-0.4, -0.2) is 11.5 Å². The van der Waals surface area contributed by atoms with Gasteiger partial charge in [0.1, 0.15) is 5.82 Å². The van der Waals surface area contributed by atoms with Crippen molar-refractivity contribution >= 4 is 0 Å². The molecule has 0 amide bonds. The summed E-state index contributed by atoms with van der Waals surface area (Å²) < 4.78 is 13.6. The normalized spacial score (nSPS) is 11.5. The Morgan fingerprint density at radius 2 is 1.86 bits per heavy atom. The van der Waals surface area contributed by atoms with Crippen LogP contribution in [0.5, 0.6) is 0 Å². The number of hydrogen-bond acceptors (Lipinski definition) is 2. The van der Waals surface area contributed by atoms with Crippen molar-refractivity contribution in [2.75, 3.05) is 6.54 Å². The molecule has 1 heterocycles. The summed E-state index contributed by atoms with van der Waals surface area (Å²) in [6.45, 7) is 8.33. The van der Waals surface area contributed by atoms with E-state index in [2.05, 4.69) is 4.98 Å². The number of benzene rings is 1. The zero-order valence-corrected chi connectivity index (χ0v) is 13.4. The minimum atomic E-state index is -0.173. The monoisotopic (exact) mass is 288 g/mol. The van der Waals surface area contributed by atoms with Gasteiger partial charge in [0.05, 0.1) is 0 Å². The van der Waals surface area contributed by atoms with Gasteiger partial charge in [-0.3, -0.25) is 4.98 Å². The van der Waals surface area contributed by atoms with E-state index in [4.69, 9.17) is 5.73 Å². The lowest BCUT2D eigenvalue weighted by Gasteiger charge is -2.18. The predicted octanol–water partition coefficient (Wildman–Crippen LogP) is 4.15. The van der Waals surface area contributed by atoms with Crippen LogP contribution in [0.3, 0.4) is 0 Å². The second-order valence-electron chi connectivity index (χ2n) is 4.86. The fourth-order valence-electron chi connectivity index (χ4n) is 2.35. The van der Waals surface area contributed by atoms with Gasteiger partial charge in [0.25, 0.3) is 0 Å². The lowest BCUT2D eigenvalue weighted by molar-refractivity contribution is 0.603. The van der Waals surface area contributed by atoms with E-state index in [1.807, 2.05) is 39.0 Å². The summed E-state index contributed by atoms with van der Waals surface area (Å²) in [4.78, 5) is 4.39. The first-order valence-electron chi connectivity index (χ1n) is 7.49. The third kappa shape index (κ3) is 4.36. The van der Waals surface area contributed by atoms with Gasteiger partial charge in [-0.25, -0.2) is 4.39 Å². The van der Waals surface area contributed by atoms with Crippen LogP contribution in [-0.2, 0) is 6.42 Å². The lowest BCUT2D eigenvalue weighted by atomic mass is 9.89. The lowest BCUT2D eigenvalue weighted by Crippen LogP contribution is -2.17. The van der Waals surface area contributed by atoms with Crippen LogP contribution in [0.15, 0.2) is 36.5 Å². The molecule has 0 aliphatic heterocycles. The van der Waals surface area contributed by atoms with E-state index in [1.54, 1.807) is 19.2 Å². The SMILES string of the molecule is CC.Cc1cccnc1C[C@@H](CN)c1cccc(F)c1C. The van der Waals surface area contributed by atoms with Gasteiger partial charge in [-0.15, -0.1) is 0 Å². The molecule has 2 N–H and O–H groups in total. The van der Waals surface area contributed by atoms with Crippen molar-refractivity contribution in [3.05, 3.63) is 64.7 Å². The van der Waals surface area contributed by atoms with Crippen LogP contribution < -0.4 is 5.73 Å². The smallest absolute Gasteiger partial charge is 0.126 e. The second-order valence-corrected chi connectivity index (χ2v) is 4.86. The van der Waals surface area contributed by atoms with Crippen LogP contribution in [0.4, 0.5) is 4.39 Å². The summed E-state index contributed by atoms with van der Waals surface area (Å²) in [5, 5.41) is 0. The summed E-state index contributed by atoms with van der Waals surface area (Å²) in [5.41, 5.74) is 9.71. The fraction of sp³-hybridized carbons (Fsp3) is 0.389. The highest BCUT2D eigenvalue weighted by atomic mass is 19.1. The highest BCUT2D eigenvalue weighted by molar-refractivity contribution is 5.32. The molecule has 21 heavy (non-hydrogen) atoms. The summed E-state index contributed by atoms with van der Waals surface area (Å²) in [7, 11) is 0. The average molecular weight is 288 g/mol. The minimum absolute atomic E-state index is 0.101. The van der Waals surface area contributed by atoms with E-state index in [0.29, 0.717) is 12.1 Å². The molecule has 0 radical (unpaired) electrons. The topological polar surface area (TPSA) is 38.9 Å². The molecule has 0 saturated heterocycles. The number of aryl methyl sites for hydroxylation is 1. The van der Waals surface area contributed by atoms with E-state index >= 15 is 0 Å². The Hall–Kier alpha value is -1.74. The van der Waals surface area contributed by atoms with Crippen molar-refractivity contribution in [3.8, 4) is 0 Å². The first-order chi connectivity index (χ1) is 10.1. The molecular weight excluding hydrogens is 263 g/mol. The van der Waals surface area contributed by atoms with E-state index in [1.165, 1.54) is 6.07 Å². The van der Waals surface area contributed by atoms with Gasteiger partial charge in [-0.05, 0) is 55.6 Å². The standard InChI is InChI=1S/C16H19FN2.C2H6/c1-11-5-4-8-19-16(11)9-13(10-18)14-6-3-7-15(17)12(14)2;1-2/h3-8,13H,9-10,18H2,1-2H3;1-2H3/t13-;/m0./s1. The number of rotatable bonds is 4. The molecule has 0 unspecified atom stereocenters. The molecule has 0 aliphatic carbocycles. The molecule has 114 valence electrons. The zero-order valence-electron chi connectivity index (χ0n) is 13.4. The molecule has 0 bridgehead atoms. The second kappa shape index (κ2) is 8.53. The van der Waals surface area contributed by atoms with Crippen LogP contribution >= 0.6 is 0 Å². The Kier molecular flexibility index (Phi) is 7.03. The Morgan fingerprint density at radius 3 is 2.48 bits per heavy atom. The highest BCUT2D eigenvalue weighted by Gasteiger charge is 2.16. The molecule has 2 nitrogen and oxygen atoms in total. The number of nitrogens with zero attached hydrogens (tertiary/aromatic N) is 1. The van der Waals surface area contributed by atoms with Crippen molar-refractivity contribution in [2.45, 2.75) is 40.0 Å². The van der Waals surface area contributed by atoms with E-state index in [-0.39, 0.29) is 11.7 Å². The molecule has 2 rings (SSSR count). The molecule has 1 aromatic carbocycles. The number of pyridine rings is 1. The number of halogens is 1. The average Bonchev–Trinajstić information content (AvgIpc) is 2.52. The molecule has 1 aromatic heterocycles. The maximum absolute atomic E-state index is 13.6. The van der Waals surface area contributed by atoms with Crippen molar-refractivity contribution in [3.63, 3.8) is 0 Å². The van der Waals surface area contributed by atoms with Gasteiger partial charge in [0.2, 0.25) is 0 Å². The maximum atomic E-state index is 13.6. The molecule has 0 spiro atoms. The van der Waals surface area contributed by atoms with Gasteiger partial charge in [0, 0.05) is 17.8 Å². The Bertz CT molecular complexity index is 567. The molecule has 1 atom stereocenters.